The van der Waals surface area contributed by atoms with Crippen molar-refractivity contribution < 1.29 is 43.0 Å². The second-order valence-electron chi connectivity index (χ2n) is 12.4. The number of ether oxygens (including phenoxy) is 2. The first-order valence-electron chi connectivity index (χ1n) is 19.0. The number of rotatable bonds is 33. The van der Waals surface area contributed by atoms with Gasteiger partial charge in [-0.05, 0) is 83.5 Å². The van der Waals surface area contributed by atoms with Crippen LogP contribution in [-0.2, 0) is 28.2 Å². The fourth-order valence-electron chi connectivity index (χ4n) is 4.60. The van der Waals surface area contributed by atoms with Crippen LogP contribution in [0.15, 0.2) is 85.1 Å². The monoisotopic (exact) mass is 734 g/mol. The minimum Gasteiger partial charge on any atom is -0.462 e. The normalized spacial score (nSPS) is 14.1. The molecule has 0 aromatic rings. The third-order valence-corrected chi connectivity index (χ3v) is 7.98. The molecule has 10 heteroatoms. The maximum atomic E-state index is 12.4. The molecular weight excluding hydrogens is 667 g/mol. The van der Waals surface area contributed by atoms with E-state index in [1.54, 1.807) is 12.2 Å². The van der Waals surface area contributed by atoms with Gasteiger partial charge in [0.05, 0.1) is 12.7 Å². The second-order valence-corrected chi connectivity index (χ2v) is 13.6. The van der Waals surface area contributed by atoms with Gasteiger partial charge in [-0.1, -0.05) is 125 Å². The number of hydrogen-bond acceptors (Lipinski definition) is 7. The molecule has 0 aliphatic heterocycles. The lowest BCUT2D eigenvalue weighted by Crippen LogP contribution is -2.29. The SMILES string of the molecule is CCCCC/C=C\C/C=C\C/C=C\C=C\[C@H](O)CCCC(=O)O[C@H](COC(=O)CCCC/C=C\C/C=C\C/C=C\CCCCC)COP(=O)(O)O. The van der Waals surface area contributed by atoms with E-state index in [1.807, 2.05) is 12.2 Å². The molecule has 0 saturated carbocycles. The summed E-state index contributed by atoms with van der Waals surface area (Å²) in [5, 5.41) is 10.2. The zero-order valence-corrected chi connectivity index (χ0v) is 32.2. The molecule has 2 atom stereocenters. The number of aliphatic hydroxyl groups is 1. The molecule has 0 rings (SSSR count). The van der Waals surface area contributed by atoms with Crippen molar-refractivity contribution in [3.8, 4) is 0 Å². The van der Waals surface area contributed by atoms with Crippen molar-refractivity contribution in [3.63, 3.8) is 0 Å². The highest BCUT2D eigenvalue weighted by atomic mass is 31.2. The van der Waals surface area contributed by atoms with Crippen molar-refractivity contribution in [2.24, 2.45) is 0 Å². The summed E-state index contributed by atoms with van der Waals surface area (Å²) in [7, 11) is -4.82. The van der Waals surface area contributed by atoms with Crippen LogP contribution in [0, 0.1) is 0 Å². The fourth-order valence-corrected chi connectivity index (χ4v) is 4.96. The first kappa shape index (κ1) is 48.2. The number of unbranched alkanes of at least 4 members (excludes halogenated alkanes) is 8. The molecule has 0 fully saturated rings. The molecule has 0 aliphatic rings. The Balaban J connectivity index is 4.27. The summed E-state index contributed by atoms with van der Waals surface area (Å²) in [6.45, 7) is 3.40. The maximum absolute atomic E-state index is 12.4. The highest BCUT2D eigenvalue weighted by Crippen LogP contribution is 2.35. The Hall–Kier alpha value is -2.81. The number of carbonyl (C=O) groups is 2. The molecule has 0 heterocycles. The average Bonchev–Trinajstić information content (AvgIpc) is 3.09. The van der Waals surface area contributed by atoms with Gasteiger partial charge < -0.3 is 24.4 Å². The lowest BCUT2D eigenvalue weighted by atomic mass is 10.1. The summed E-state index contributed by atoms with van der Waals surface area (Å²) < 4.78 is 26.1. The number of carbonyl (C=O) groups excluding carboxylic acids is 2. The molecule has 0 bridgehead atoms. The van der Waals surface area contributed by atoms with Crippen LogP contribution in [0.3, 0.4) is 0 Å². The van der Waals surface area contributed by atoms with Crippen LogP contribution < -0.4 is 0 Å². The van der Waals surface area contributed by atoms with Crippen LogP contribution in [0.2, 0.25) is 0 Å². The van der Waals surface area contributed by atoms with Gasteiger partial charge in [0.15, 0.2) is 6.10 Å². The van der Waals surface area contributed by atoms with Gasteiger partial charge in [-0.15, -0.1) is 0 Å². The van der Waals surface area contributed by atoms with Crippen molar-refractivity contribution >= 4 is 19.8 Å². The molecular formula is C41H67O9P. The number of hydrogen-bond donors (Lipinski definition) is 3. The van der Waals surface area contributed by atoms with Crippen LogP contribution in [0.25, 0.3) is 0 Å². The molecule has 0 amide bonds. The van der Waals surface area contributed by atoms with E-state index in [0.29, 0.717) is 19.3 Å². The Bertz CT molecular complexity index is 1110. The molecule has 0 radical (unpaired) electrons. The molecule has 0 aromatic carbocycles. The van der Waals surface area contributed by atoms with Crippen molar-refractivity contribution in [2.75, 3.05) is 13.2 Å². The van der Waals surface area contributed by atoms with Gasteiger partial charge in [0, 0.05) is 12.8 Å². The average molecular weight is 735 g/mol. The minimum absolute atomic E-state index is 0.0293. The maximum Gasteiger partial charge on any atom is 0.469 e. The van der Waals surface area contributed by atoms with Crippen molar-refractivity contribution in [3.05, 3.63) is 85.1 Å². The van der Waals surface area contributed by atoms with Crippen LogP contribution >= 0.6 is 7.82 Å². The third kappa shape index (κ3) is 38.3. The Kier molecular flexibility index (Phi) is 33.6. The standard InChI is InChI=1S/C41H67O9P/c1-3-5-7-9-11-13-15-17-18-20-22-24-26-28-30-34-40(43)48-36-39(37-49-51(45,46)47)50-41(44)35-31-33-38(42)32-29-27-25-23-21-19-16-14-12-10-8-6-4-2/h11-14,17-19,21-22,24-25,27,29,32,38-39,42H,3-10,15-16,20,23,26,28,30-31,33-37H2,1-2H3,(H2,45,46,47)/b13-11-,14-12-,18-17-,21-19-,24-22-,27-25-,32-29+/t38-,39+/m0/s1. The molecule has 3 N–H and O–H groups in total. The zero-order chi connectivity index (χ0) is 37.7. The van der Waals surface area contributed by atoms with E-state index in [9.17, 15) is 19.3 Å². The van der Waals surface area contributed by atoms with Crippen molar-refractivity contribution in [2.45, 2.75) is 148 Å². The Labute approximate surface area is 308 Å². The van der Waals surface area contributed by atoms with E-state index >= 15 is 0 Å². The van der Waals surface area contributed by atoms with Crippen LogP contribution in [0.4, 0.5) is 0 Å². The molecule has 290 valence electrons. The first-order chi connectivity index (χ1) is 24.7. The molecule has 0 saturated heterocycles. The van der Waals surface area contributed by atoms with Crippen LogP contribution in [0.5, 0.6) is 0 Å². The van der Waals surface area contributed by atoms with E-state index in [-0.39, 0.29) is 19.4 Å². The fraction of sp³-hybridized carbons (Fsp3) is 0.610. The number of phosphoric acid groups is 1. The minimum atomic E-state index is -4.82. The van der Waals surface area contributed by atoms with Gasteiger partial charge >= 0.3 is 19.8 Å². The number of esters is 2. The first-order valence-corrected chi connectivity index (χ1v) is 20.5. The topological polar surface area (TPSA) is 140 Å². The van der Waals surface area contributed by atoms with Gasteiger partial charge in [-0.3, -0.25) is 14.1 Å². The van der Waals surface area contributed by atoms with Crippen molar-refractivity contribution in [1.29, 1.82) is 0 Å². The van der Waals surface area contributed by atoms with E-state index < -0.39 is 38.6 Å². The van der Waals surface area contributed by atoms with Gasteiger partial charge in [-0.25, -0.2) is 4.57 Å². The summed E-state index contributed by atoms with van der Waals surface area (Å²) in [5.41, 5.74) is 0. The highest BCUT2D eigenvalue weighted by Gasteiger charge is 2.23. The molecule has 0 unspecified atom stereocenters. The summed E-state index contributed by atoms with van der Waals surface area (Å²) >= 11 is 0. The quantitative estimate of drug-likeness (QED) is 0.0198. The predicted octanol–water partition coefficient (Wildman–Crippen LogP) is 10.3. The second kappa shape index (κ2) is 35.6. The molecule has 0 aliphatic carbocycles. The van der Waals surface area contributed by atoms with E-state index in [1.165, 1.54) is 38.5 Å². The molecule has 51 heavy (non-hydrogen) atoms. The van der Waals surface area contributed by atoms with Gasteiger partial charge in [0.1, 0.15) is 6.61 Å². The number of phosphoric ester groups is 1. The largest absolute Gasteiger partial charge is 0.469 e. The lowest BCUT2D eigenvalue weighted by molar-refractivity contribution is -0.161. The van der Waals surface area contributed by atoms with E-state index in [0.717, 1.165) is 51.4 Å². The summed E-state index contributed by atoms with van der Waals surface area (Å²) in [4.78, 5) is 42.7. The summed E-state index contributed by atoms with van der Waals surface area (Å²) in [6, 6.07) is 0. The Morgan fingerprint density at radius 2 is 1.10 bits per heavy atom. The van der Waals surface area contributed by atoms with Crippen molar-refractivity contribution in [1.82, 2.24) is 0 Å². The van der Waals surface area contributed by atoms with Gasteiger partial charge in [0.2, 0.25) is 0 Å². The summed E-state index contributed by atoms with van der Waals surface area (Å²) in [5.74, 6) is -1.14. The molecule has 0 aromatic heterocycles. The molecule has 9 nitrogen and oxygen atoms in total. The van der Waals surface area contributed by atoms with Crippen LogP contribution in [0.1, 0.15) is 136 Å². The Morgan fingerprint density at radius 3 is 1.63 bits per heavy atom. The molecule has 0 spiro atoms. The zero-order valence-electron chi connectivity index (χ0n) is 31.3. The lowest BCUT2D eigenvalue weighted by Gasteiger charge is -2.18. The van der Waals surface area contributed by atoms with E-state index in [2.05, 4.69) is 79.1 Å². The summed E-state index contributed by atoms with van der Waals surface area (Å²) in [6.07, 6.45) is 43.3. The van der Waals surface area contributed by atoms with Crippen LogP contribution in [-0.4, -0.2) is 52.3 Å². The smallest absolute Gasteiger partial charge is 0.462 e. The highest BCUT2D eigenvalue weighted by molar-refractivity contribution is 7.46. The predicted molar refractivity (Wildman–Crippen MR) is 208 cm³/mol. The Morgan fingerprint density at radius 1 is 0.608 bits per heavy atom. The number of aliphatic hydroxyl groups excluding tert-OH is 1. The number of allylic oxidation sites excluding steroid dienone is 13. The third-order valence-electron chi connectivity index (χ3n) is 7.49. The van der Waals surface area contributed by atoms with E-state index in [4.69, 9.17) is 19.3 Å². The van der Waals surface area contributed by atoms with Gasteiger partial charge in [0.25, 0.3) is 0 Å². The van der Waals surface area contributed by atoms with Gasteiger partial charge in [-0.2, -0.15) is 0 Å².